The first kappa shape index (κ1) is 19.9. The number of halogens is 1. The van der Waals surface area contributed by atoms with Gasteiger partial charge in [0.1, 0.15) is 28.8 Å². The largest absolute Gasteiger partial charge is 0.490 e. The van der Waals surface area contributed by atoms with Crippen molar-refractivity contribution >= 4 is 21.6 Å². The Morgan fingerprint density at radius 2 is 2.07 bits per heavy atom. The highest BCUT2D eigenvalue weighted by Gasteiger charge is 2.34. The predicted octanol–water partition coefficient (Wildman–Crippen LogP) is 3.28. The molecule has 1 aromatic carbocycles. The van der Waals surface area contributed by atoms with Crippen LogP contribution in [-0.4, -0.2) is 46.3 Å². The number of aliphatic hydroxyl groups excluding tert-OH is 1. The van der Waals surface area contributed by atoms with Crippen molar-refractivity contribution in [3.05, 3.63) is 46.7 Å². The molecule has 6 nitrogen and oxygen atoms in total. The standard InChI is InChI=1S/C20H25BrN2O4/c1-13-10-14(4-6-16(13)26-12-20(2,3)25)23-9-8-17(19(23)24)27-15-5-7-18(21)22-11-15/h4-7,10-11,17,19,24-25H,8-9,12H2,1-3H3. The Bertz CT molecular complexity index is 777. The highest BCUT2D eigenvalue weighted by molar-refractivity contribution is 9.10. The van der Waals surface area contributed by atoms with Crippen LogP contribution < -0.4 is 14.4 Å². The van der Waals surface area contributed by atoms with E-state index in [0.29, 0.717) is 18.7 Å². The Labute approximate surface area is 167 Å². The monoisotopic (exact) mass is 436 g/mol. The van der Waals surface area contributed by atoms with E-state index in [1.54, 1.807) is 20.0 Å². The molecule has 146 valence electrons. The summed E-state index contributed by atoms with van der Waals surface area (Å²) in [6.45, 7) is 6.28. The molecule has 0 spiro atoms. The number of nitrogens with zero attached hydrogens (tertiary/aromatic N) is 2. The molecule has 2 heterocycles. The van der Waals surface area contributed by atoms with E-state index in [1.165, 1.54) is 0 Å². The van der Waals surface area contributed by atoms with Gasteiger partial charge in [-0.05, 0) is 72.6 Å². The summed E-state index contributed by atoms with van der Waals surface area (Å²) in [5.41, 5.74) is 0.976. The summed E-state index contributed by atoms with van der Waals surface area (Å²) in [6, 6.07) is 9.40. The zero-order valence-corrected chi connectivity index (χ0v) is 17.3. The minimum absolute atomic E-state index is 0.219. The molecular formula is C20H25BrN2O4. The van der Waals surface area contributed by atoms with Gasteiger partial charge in [-0.3, -0.25) is 0 Å². The lowest BCUT2D eigenvalue weighted by Gasteiger charge is -2.26. The van der Waals surface area contributed by atoms with E-state index < -0.39 is 11.8 Å². The Morgan fingerprint density at radius 3 is 2.70 bits per heavy atom. The third-order valence-electron chi connectivity index (χ3n) is 4.37. The van der Waals surface area contributed by atoms with Crippen molar-refractivity contribution in [3.8, 4) is 11.5 Å². The number of pyridine rings is 1. The van der Waals surface area contributed by atoms with Crippen molar-refractivity contribution in [1.29, 1.82) is 0 Å². The van der Waals surface area contributed by atoms with E-state index >= 15 is 0 Å². The van der Waals surface area contributed by atoms with Gasteiger partial charge in [-0.2, -0.15) is 0 Å². The molecule has 2 aromatic rings. The maximum absolute atomic E-state index is 10.7. The molecule has 1 aliphatic heterocycles. The van der Waals surface area contributed by atoms with Gasteiger partial charge in [-0.15, -0.1) is 0 Å². The first-order valence-electron chi connectivity index (χ1n) is 8.92. The van der Waals surface area contributed by atoms with Gasteiger partial charge in [-0.1, -0.05) is 0 Å². The number of benzene rings is 1. The summed E-state index contributed by atoms with van der Waals surface area (Å²) in [6.07, 6.45) is 1.29. The summed E-state index contributed by atoms with van der Waals surface area (Å²) in [5.74, 6) is 1.36. The van der Waals surface area contributed by atoms with Gasteiger partial charge >= 0.3 is 0 Å². The van der Waals surface area contributed by atoms with Gasteiger partial charge in [0.2, 0.25) is 0 Å². The average molecular weight is 437 g/mol. The number of aliphatic hydroxyl groups is 2. The Hall–Kier alpha value is -1.83. The normalized spacial score (nSPS) is 20.0. The quantitative estimate of drug-likeness (QED) is 0.676. The second-order valence-electron chi connectivity index (χ2n) is 7.42. The van der Waals surface area contributed by atoms with Crippen LogP contribution in [0, 0.1) is 6.92 Å². The number of anilines is 1. The predicted molar refractivity (Wildman–Crippen MR) is 107 cm³/mol. The third-order valence-corrected chi connectivity index (χ3v) is 4.83. The van der Waals surface area contributed by atoms with Crippen LogP contribution in [0.25, 0.3) is 0 Å². The van der Waals surface area contributed by atoms with Gasteiger partial charge < -0.3 is 24.6 Å². The van der Waals surface area contributed by atoms with Crippen LogP contribution in [0.4, 0.5) is 5.69 Å². The fraction of sp³-hybridized carbons (Fsp3) is 0.450. The minimum atomic E-state index is -0.886. The molecule has 0 bridgehead atoms. The number of aryl methyl sites for hydroxylation is 1. The summed E-state index contributed by atoms with van der Waals surface area (Å²) in [4.78, 5) is 6.06. The zero-order chi connectivity index (χ0) is 19.6. The van der Waals surface area contributed by atoms with E-state index in [1.807, 2.05) is 42.2 Å². The lowest BCUT2D eigenvalue weighted by atomic mass is 10.1. The molecule has 0 amide bonds. The molecule has 1 aliphatic rings. The minimum Gasteiger partial charge on any atom is -0.490 e. The Morgan fingerprint density at radius 1 is 1.30 bits per heavy atom. The van der Waals surface area contributed by atoms with Gasteiger partial charge in [0.05, 0.1) is 11.8 Å². The molecule has 3 rings (SSSR count). The van der Waals surface area contributed by atoms with E-state index in [4.69, 9.17) is 9.47 Å². The molecule has 0 aliphatic carbocycles. The van der Waals surface area contributed by atoms with Gasteiger partial charge in [0.15, 0.2) is 6.23 Å². The maximum atomic E-state index is 10.7. The topological polar surface area (TPSA) is 75.1 Å². The second kappa shape index (κ2) is 8.04. The van der Waals surface area contributed by atoms with Crippen LogP contribution in [0.5, 0.6) is 11.5 Å². The fourth-order valence-electron chi connectivity index (χ4n) is 2.99. The van der Waals surface area contributed by atoms with E-state index in [-0.39, 0.29) is 12.7 Å². The second-order valence-corrected chi connectivity index (χ2v) is 8.23. The SMILES string of the molecule is Cc1cc(N2CCC(Oc3ccc(Br)nc3)C2O)ccc1OCC(C)(C)O. The van der Waals surface area contributed by atoms with E-state index in [2.05, 4.69) is 20.9 Å². The summed E-state index contributed by atoms with van der Waals surface area (Å²) >= 11 is 3.30. The summed E-state index contributed by atoms with van der Waals surface area (Å²) in [7, 11) is 0. The highest BCUT2D eigenvalue weighted by atomic mass is 79.9. The Balaban J connectivity index is 1.66. The van der Waals surface area contributed by atoms with Crippen molar-refractivity contribution in [3.63, 3.8) is 0 Å². The molecule has 7 heteroatoms. The van der Waals surface area contributed by atoms with Crippen molar-refractivity contribution < 1.29 is 19.7 Å². The average Bonchev–Trinajstić information content (AvgIpc) is 2.96. The zero-order valence-electron chi connectivity index (χ0n) is 15.7. The maximum Gasteiger partial charge on any atom is 0.164 e. The first-order chi connectivity index (χ1) is 12.7. The molecule has 1 fully saturated rings. The molecule has 0 radical (unpaired) electrons. The molecule has 2 N–H and O–H groups in total. The number of rotatable bonds is 6. The van der Waals surface area contributed by atoms with Crippen LogP contribution in [0.3, 0.4) is 0 Å². The summed E-state index contributed by atoms with van der Waals surface area (Å²) in [5, 5.41) is 20.5. The molecule has 1 saturated heterocycles. The lowest BCUT2D eigenvalue weighted by molar-refractivity contribution is 0.0282. The first-order valence-corrected chi connectivity index (χ1v) is 9.71. The number of aromatic nitrogens is 1. The van der Waals surface area contributed by atoms with Crippen molar-refractivity contribution in [2.24, 2.45) is 0 Å². The number of ether oxygens (including phenoxy) is 2. The van der Waals surface area contributed by atoms with Gasteiger partial charge in [-0.25, -0.2) is 4.98 Å². The summed E-state index contributed by atoms with van der Waals surface area (Å²) < 4.78 is 12.3. The fourth-order valence-corrected chi connectivity index (χ4v) is 3.22. The number of hydrogen-bond donors (Lipinski definition) is 2. The number of hydrogen-bond acceptors (Lipinski definition) is 6. The lowest BCUT2D eigenvalue weighted by Crippen LogP contribution is -2.37. The van der Waals surface area contributed by atoms with Crippen molar-refractivity contribution in [2.45, 2.75) is 45.1 Å². The highest BCUT2D eigenvalue weighted by Crippen LogP contribution is 2.31. The van der Waals surface area contributed by atoms with Crippen LogP contribution in [0.15, 0.2) is 41.1 Å². The Kier molecular flexibility index (Phi) is 5.93. The van der Waals surface area contributed by atoms with Crippen LogP contribution in [-0.2, 0) is 0 Å². The third kappa shape index (κ3) is 5.12. The van der Waals surface area contributed by atoms with Crippen LogP contribution >= 0.6 is 15.9 Å². The molecule has 0 saturated carbocycles. The van der Waals surface area contributed by atoms with Gasteiger partial charge in [0, 0.05) is 18.7 Å². The van der Waals surface area contributed by atoms with E-state index in [0.717, 1.165) is 21.6 Å². The molecule has 2 atom stereocenters. The van der Waals surface area contributed by atoms with E-state index in [9.17, 15) is 10.2 Å². The van der Waals surface area contributed by atoms with Crippen molar-refractivity contribution in [1.82, 2.24) is 4.98 Å². The van der Waals surface area contributed by atoms with Crippen LogP contribution in [0.2, 0.25) is 0 Å². The van der Waals surface area contributed by atoms with Crippen LogP contribution in [0.1, 0.15) is 25.8 Å². The molecule has 1 aromatic heterocycles. The van der Waals surface area contributed by atoms with Crippen molar-refractivity contribution in [2.75, 3.05) is 18.1 Å². The van der Waals surface area contributed by atoms with Gasteiger partial charge in [0.25, 0.3) is 0 Å². The molecule has 2 unspecified atom stereocenters. The molecular weight excluding hydrogens is 412 g/mol. The molecule has 27 heavy (non-hydrogen) atoms. The smallest absolute Gasteiger partial charge is 0.164 e.